The van der Waals surface area contributed by atoms with Crippen LogP contribution in [0.1, 0.15) is 10.4 Å². The second kappa shape index (κ2) is 4.84. The first-order valence-electron chi connectivity index (χ1n) is 4.45. The highest BCUT2D eigenvalue weighted by atomic mass is 32.2. The maximum atomic E-state index is 12.1. The van der Waals surface area contributed by atoms with E-state index >= 15 is 0 Å². The Labute approximate surface area is 101 Å². The highest BCUT2D eigenvalue weighted by Gasteiger charge is 2.47. The van der Waals surface area contributed by atoms with Crippen molar-refractivity contribution in [3.05, 3.63) is 29.8 Å². The molecular formula is C9H8F3NO4S. The number of sulfonamides is 1. The third-order valence-corrected chi connectivity index (χ3v) is 2.95. The molecule has 0 bridgehead atoms. The number of methoxy groups -OCH3 is 1. The zero-order valence-corrected chi connectivity index (χ0v) is 9.80. The van der Waals surface area contributed by atoms with Crippen molar-refractivity contribution in [2.75, 3.05) is 7.11 Å². The quantitative estimate of drug-likeness (QED) is 0.906. The average Bonchev–Trinajstić information content (AvgIpc) is 2.26. The largest absolute Gasteiger partial charge is 0.516 e. The molecule has 0 aliphatic rings. The van der Waals surface area contributed by atoms with Gasteiger partial charge in [-0.2, -0.15) is 21.6 Å². The number of alkyl halides is 3. The second-order valence-electron chi connectivity index (χ2n) is 3.08. The topological polar surface area (TPSA) is 72.5 Å². The number of amides is 1. The maximum Gasteiger partial charge on any atom is 0.516 e. The van der Waals surface area contributed by atoms with Gasteiger partial charge < -0.3 is 4.74 Å². The number of ether oxygens (including phenoxy) is 1. The molecule has 9 heteroatoms. The predicted molar refractivity (Wildman–Crippen MR) is 55.4 cm³/mol. The van der Waals surface area contributed by atoms with Crippen molar-refractivity contribution < 1.29 is 31.1 Å². The van der Waals surface area contributed by atoms with E-state index in [0.29, 0.717) is 0 Å². The summed E-state index contributed by atoms with van der Waals surface area (Å²) in [7, 11) is -4.53. The Morgan fingerprint density at radius 1 is 1.28 bits per heavy atom. The molecule has 100 valence electrons. The molecule has 0 aromatic heterocycles. The first-order valence-corrected chi connectivity index (χ1v) is 5.94. The SMILES string of the molecule is COc1ccccc1C(=O)NS(=O)(=O)C(F)(F)F. The minimum atomic E-state index is -5.73. The van der Waals surface area contributed by atoms with Gasteiger partial charge >= 0.3 is 15.5 Å². The van der Waals surface area contributed by atoms with Crippen LogP contribution < -0.4 is 9.46 Å². The highest BCUT2D eigenvalue weighted by molar-refractivity contribution is 7.90. The van der Waals surface area contributed by atoms with Crippen LogP contribution in [-0.2, 0) is 10.0 Å². The van der Waals surface area contributed by atoms with Gasteiger partial charge in [0.1, 0.15) is 5.75 Å². The van der Waals surface area contributed by atoms with Crippen LogP contribution >= 0.6 is 0 Å². The van der Waals surface area contributed by atoms with Crippen molar-refractivity contribution in [3.63, 3.8) is 0 Å². The lowest BCUT2D eigenvalue weighted by atomic mass is 10.2. The minimum absolute atomic E-state index is 0.0348. The lowest BCUT2D eigenvalue weighted by Crippen LogP contribution is -2.40. The van der Waals surface area contributed by atoms with E-state index in [9.17, 15) is 26.4 Å². The Balaban J connectivity index is 3.04. The lowest BCUT2D eigenvalue weighted by Gasteiger charge is -2.11. The van der Waals surface area contributed by atoms with Gasteiger partial charge in [0.15, 0.2) is 0 Å². The van der Waals surface area contributed by atoms with Gasteiger partial charge in [0.05, 0.1) is 12.7 Å². The average molecular weight is 283 g/mol. The lowest BCUT2D eigenvalue weighted by molar-refractivity contribution is -0.0446. The second-order valence-corrected chi connectivity index (χ2v) is 4.75. The predicted octanol–water partition coefficient (Wildman–Crippen LogP) is 1.27. The number of carbonyl (C=O) groups is 1. The number of carbonyl (C=O) groups excluding carboxylic acids is 1. The summed E-state index contributed by atoms with van der Waals surface area (Å²) in [5, 5.41) is 0. The first-order chi connectivity index (χ1) is 8.19. The maximum absolute atomic E-state index is 12.1. The molecule has 1 N–H and O–H groups in total. The normalized spacial score (nSPS) is 12.0. The molecular weight excluding hydrogens is 275 g/mol. The Hall–Kier alpha value is -1.77. The first kappa shape index (κ1) is 14.3. The van der Waals surface area contributed by atoms with Crippen molar-refractivity contribution in [1.82, 2.24) is 4.72 Å². The molecule has 0 atom stereocenters. The fraction of sp³-hybridized carbons (Fsp3) is 0.222. The monoisotopic (exact) mass is 283 g/mol. The summed E-state index contributed by atoms with van der Waals surface area (Å²) in [5.74, 6) is -1.45. The minimum Gasteiger partial charge on any atom is -0.496 e. The smallest absolute Gasteiger partial charge is 0.496 e. The van der Waals surface area contributed by atoms with Crippen molar-refractivity contribution >= 4 is 15.9 Å². The standard InChI is InChI=1S/C9H8F3NO4S/c1-17-7-5-3-2-4-6(7)8(14)13-18(15,16)9(10,11)12/h2-5H,1H3,(H,13,14). The zero-order chi connectivity index (χ0) is 14.0. The molecule has 5 nitrogen and oxygen atoms in total. The summed E-state index contributed by atoms with van der Waals surface area (Å²) < 4.78 is 63.3. The van der Waals surface area contributed by atoms with Crippen LogP contribution in [0.3, 0.4) is 0 Å². The highest BCUT2D eigenvalue weighted by Crippen LogP contribution is 2.23. The van der Waals surface area contributed by atoms with Gasteiger partial charge in [-0.25, -0.2) is 4.72 Å². The molecule has 0 saturated carbocycles. The van der Waals surface area contributed by atoms with Crippen molar-refractivity contribution in [3.8, 4) is 5.75 Å². The van der Waals surface area contributed by atoms with Crippen LogP contribution in [0, 0.1) is 0 Å². The Bertz CT molecular complexity index is 553. The van der Waals surface area contributed by atoms with E-state index in [1.165, 1.54) is 25.3 Å². The van der Waals surface area contributed by atoms with E-state index in [1.54, 1.807) is 0 Å². The number of benzene rings is 1. The van der Waals surface area contributed by atoms with Gasteiger partial charge in [-0.1, -0.05) is 12.1 Å². The molecule has 1 aromatic carbocycles. The van der Waals surface area contributed by atoms with Crippen LogP contribution in [-0.4, -0.2) is 26.9 Å². The number of para-hydroxylation sites is 1. The van der Waals surface area contributed by atoms with Crippen LogP contribution in [0.4, 0.5) is 13.2 Å². The molecule has 0 saturated heterocycles. The van der Waals surface area contributed by atoms with Crippen LogP contribution in [0.5, 0.6) is 5.75 Å². The summed E-state index contributed by atoms with van der Waals surface area (Å²) in [6.07, 6.45) is 0. The molecule has 1 amide bonds. The van der Waals surface area contributed by atoms with Gasteiger partial charge in [-0.3, -0.25) is 4.79 Å². The third kappa shape index (κ3) is 2.92. The fourth-order valence-electron chi connectivity index (χ4n) is 1.07. The Morgan fingerprint density at radius 2 is 1.83 bits per heavy atom. The molecule has 0 heterocycles. The molecule has 1 rings (SSSR count). The van der Waals surface area contributed by atoms with E-state index in [0.717, 1.165) is 10.8 Å². The summed E-state index contributed by atoms with van der Waals surface area (Å²) in [5.41, 5.74) is -5.86. The van der Waals surface area contributed by atoms with Crippen LogP contribution in [0.2, 0.25) is 0 Å². The molecule has 0 unspecified atom stereocenters. The van der Waals surface area contributed by atoms with E-state index < -0.39 is 21.4 Å². The molecule has 0 radical (unpaired) electrons. The number of nitrogens with one attached hydrogen (secondary N) is 1. The van der Waals surface area contributed by atoms with Crippen molar-refractivity contribution in [2.45, 2.75) is 5.51 Å². The van der Waals surface area contributed by atoms with E-state index in [1.807, 2.05) is 0 Å². The van der Waals surface area contributed by atoms with Gasteiger partial charge in [0.2, 0.25) is 0 Å². The molecule has 0 aliphatic carbocycles. The Kier molecular flexibility index (Phi) is 3.85. The van der Waals surface area contributed by atoms with Crippen LogP contribution in [0.15, 0.2) is 24.3 Å². The van der Waals surface area contributed by atoms with Crippen molar-refractivity contribution in [2.24, 2.45) is 0 Å². The van der Waals surface area contributed by atoms with E-state index in [-0.39, 0.29) is 11.3 Å². The molecule has 1 aromatic rings. The number of rotatable bonds is 3. The van der Waals surface area contributed by atoms with Gasteiger partial charge in [0, 0.05) is 0 Å². The van der Waals surface area contributed by atoms with E-state index in [4.69, 9.17) is 4.74 Å². The van der Waals surface area contributed by atoms with Gasteiger partial charge in [-0.05, 0) is 12.1 Å². The van der Waals surface area contributed by atoms with Crippen LogP contribution in [0.25, 0.3) is 0 Å². The summed E-state index contributed by atoms with van der Waals surface area (Å²) in [4.78, 5) is 11.4. The summed E-state index contributed by atoms with van der Waals surface area (Å²) in [6, 6.07) is 5.29. The number of halogens is 3. The molecule has 0 fully saturated rings. The molecule has 0 aliphatic heterocycles. The molecule has 0 spiro atoms. The number of hydrogen-bond donors (Lipinski definition) is 1. The molecule has 18 heavy (non-hydrogen) atoms. The third-order valence-electron chi connectivity index (χ3n) is 1.88. The fourth-order valence-corrected chi connectivity index (χ4v) is 1.54. The van der Waals surface area contributed by atoms with Gasteiger partial charge in [0.25, 0.3) is 5.91 Å². The summed E-state index contributed by atoms with van der Waals surface area (Å²) >= 11 is 0. The van der Waals surface area contributed by atoms with Gasteiger partial charge in [-0.15, -0.1) is 0 Å². The van der Waals surface area contributed by atoms with Crippen molar-refractivity contribution in [1.29, 1.82) is 0 Å². The summed E-state index contributed by atoms with van der Waals surface area (Å²) in [6.45, 7) is 0. The number of hydrogen-bond acceptors (Lipinski definition) is 4. The Morgan fingerprint density at radius 3 is 2.33 bits per heavy atom. The van der Waals surface area contributed by atoms with E-state index in [2.05, 4.69) is 0 Å². The zero-order valence-electron chi connectivity index (χ0n) is 8.98.